The predicted octanol–water partition coefficient (Wildman–Crippen LogP) is 4.69. The minimum absolute atomic E-state index is 0.0650. The van der Waals surface area contributed by atoms with Crippen molar-refractivity contribution in [3.05, 3.63) is 65.7 Å². The molecule has 0 bridgehead atoms. The second-order valence-corrected chi connectivity index (χ2v) is 5.87. The van der Waals surface area contributed by atoms with Gasteiger partial charge in [0.2, 0.25) is 0 Å². The molecule has 3 nitrogen and oxygen atoms in total. The van der Waals surface area contributed by atoms with Crippen LogP contribution >= 0.6 is 0 Å². The van der Waals surface area contributed by atoms with E-state index in [1.54, 1.807) is 0 Å². The van der Waals surface area contributed by atoms with Crippen LogP contribution in [0.4, 0.5) is 0 Å². The third-order valence-corrected chi connectivity index (χ3v) is 4.39. The number of fused-ring (bicyclic) bond motifs is 1. The number of aromatic nitrogens is 1. The van der Waals surface area contributed by atoms with E-state index in [4.69, 9.17) is 4.98 Å². The number of hydrogen-bond acceptors (Lipinski definition) is 2. The number of carbonyl (C=O) groups is 1. The Morgan fingerprint density at radius 3 is 2.38 bits per heavy atom. The van der Waals surface area contributed by atoms with Gasteiger partial charge >= 0.3 is 0 Å². The molecule has 3 aromatic rings. The molecule has 0 unspecified atom stereocenters. The van der Waals surface area contributed by atoms with Gasteiger partial charge in [-0.3, -0.25) is 4.79 Å². The van der Waals surface area contributed by atoms with Crippen molar-refractivity contribution < 1.29 is 4.79 Å². The Morgan fingerprint density at radius 2 is 1.71 bits per heavy atom. The minimum Gasteiger partial charge on any atom is -0.339 e. The third-order valence-electron chi connectivity index (χ3n) is 4.39. The molecule has 24 heavy (non-hydrogen) atoms. The van der Waals surface area contributed by atoms with E-state index in [0.29, 0.717) is 13.1 Å². The Labute approximate surface area is 143 Å². The fraction of sp³-hybridized carbons (Fsp3) is 0.238. The molecule has 1 aromatic heterocycles. The van der Waals surface area contributed by atoms with Gasteiger partial charge in [0, 0.05) is 24.0 Å². The summed E-state index contributed by atoms with van der Waals surface area (Å²) in [7, 11) is 0. The first-order valence-corrected chi connectivity index (χ1v) is 8.40. The maximum Gasteiger partial charge on any atom is 0.254 e. The zero-order valence-corrected chi connectivity index (χ0v) is 14.4. The third kappa shape index (κ3) is 2.90. The van der Waals surface area contributed by atoms with Crippen LogP contribution in [0.15, 0.2) is 54.6 Å². The first-order valence-electron chi connectivity index (χ1n) is 8.40. The molecule has 0 saturated heterocycles. The standard InChI is InChI=1S/C21H22N2O/c1-4-23(5-2)21(24)18-14-19(16-11-7-6-8-12-16)22-20-15(3)10-9-13-17(18)20/h6-14H,4-5H2,1-3H3. The number of pyridine rings is 1. The molecular formula is C21H22N2O. The Morgan fingerprint density at radius 1 is 1.00 bits per heavy atom. The molecule has 0 atom stereocenters. The van der Waals surface area contributed by atoms with E-state index in [2.05, 4.69) is 0 Å². The van der Waals surface area contributed by atoms with E-state index in [0.717, 1.165) is 33.3 Å². The quantitative estimate of drug-likeness (QED) is 0.699. The van der Waals surface area contributed by atoms with Gasteiger partial charge in [-0.25, -0.2) is 4.98 Å². The zero-order valence-electron chi connectivity index (χ0n) is 14.4. The molecular weight excluding hydrogens is 296 g/mol. The fourth-order valence-corrected chi connectivity index (χ4v) is 3.01. The van der Waals surface area contributed by atoms with Crippen molar-refractivity contribution in [2.45, 2.75) is 20.8 Å². The SMILES string of the molecule is CCN(CC)C(=O)c1cc(-c2ccccc2)nc2c(C)cccc12. The van der Waals surface area contributed by atoms with Crippen LogP contribution in [-0.2, 0) is 0 Å². The van der Waals surface area contributed by atoms with E-state index >= 15 is 0 Å². The van der Waals surface area contributed by atoms with E-state index in [1.165, 1.54) is 0 Å². The molecule has 0 saturated carbocycles. The highest BCUT2D eigenvalue weighted by atomic mass is 16.2. The molecule has 0 aliphatic heterocycles. The lowest BCUT2D eigenvalue weighted by atomic mass is 10.0. The van der Waals surface area contributed by atoms with Crippen molar-refractivity contribution in [3.63, 3.8) is 0 Å². The highest BCUT2D eigenvalue weighted by Crippen LogP contribution is 2.27. The molecule has 1 amide bonds. The number of aryl methyl sites for hydroxylation is 1. The summed E-state index contributed by atoms with van der Waals surface area (Å²) in [5.41, 5.74) is 4.57. The lowest BCUT2D eigenvalue weighted by Crippen LogP contribution is -2.30. The molecule has 2 aromatic carbocycles. The van der Waals surface area contributed by atoms with E-state index < -0.39 is 0 Å². The van der Waals surface area contributed by atoms with Gasteiger partial charge in [0.1, 0.15) is 0 Å². The van der Waals surface area contributed by atoms with Gasteiger partial charge in [-0.05, 0) is 32.4 Å². The summed E-state index contributed by atoms with van der Waals surface area (Å²) >= 11 is 0. The summed E-state index contributed by atoms with van der Waals surface area (Å²) in [6.07, 6.45) is 0. The van der Waals surface area contributed by atoms with Crippen LogP contribution < -0.4 is 0 Å². The van der Waals surface area contributed by atoms with Crippen LogP contribution in [0.2, 0.25) is 0 Å². The topological polar surface area (TPSA) is 33.2 Å². The first-order chi connectivity index (χ1) is 11.7. The maximum absolute atomic E-state index is 13.0. The van der Waals surface area contributed by atoms with Gasteiger partial charge in [0.25, 0.3) is 5.91 Å². The van der Waals surface area contributed by atoms with Crippen LogP contribution in [0.5, 0.6) is 0 Å². The minimum atomic E-state index is 0.0650. The van der Waals surface area contributed by atoms with E-state index in [-0.39, 0.29) is 5.91 Å². The Balaban J connectivity index is 2.27. The fourth-order valence-electron chi connectivity index (χ4n) is 3.01. The molecule has 122 valence electrons. The van der Waals surface area contributed by atoms with Gasteiger partial charge in [0.15, 0.2) is 0 Å². The number of hydrogen-bond donors (Lipinski definition) is 0. The number of nitrogens with zero attached hydrogens (tertiary/aromatic N) is 2. The Bertz CT molecular complexity index is 868. The average molecular weight is 318 g/mol. The highest BCUT2D eigenvalue weighted by Gasteiger charge is 2.18. The molecule has 1 heterocycles. The van der Waals surface area contributed by atoms with Crippen LogP contribution in [0, 0.1) is 6.92 Å². The van der Waals surface area contributed by atoms with Crippen LogP contribution in [-0.4, -0.2) is 28.9 Å². The highest BCUT2D eigenvalue weighted by molar-refractivity contribution is 6.07. The number of amides is 1. The monoisotopic (exact) mass is 318 g/mol. The van der Waals surface area contributed by atoms with Crippen molar-refractivity contribution in [2.75, 3.05) is 13.1 Å². The molecule has 0 fully saturated rings. The number of rotatable bonds is 4. The molecule has 0 radical (unpaired) electrons. The van der Waals surface area contributed by atoms with Gasteiger partial charge in [-0.1, -0.05) is 48.5 Å². The lowest BCUT2D eigenvalue weighted by Gasteiger charge is -2.20. The van der Waals surface area contributed by atoms with Crippen molar-refractivity contribution in [1.29, 1.82) is 0 Å². The van der Waals surface area contributed by atoms with Gasteiger partial charge < -0.3 is 4.90 Å². The summed E-state index contributed by atoms with van der Waals surface area (Å²) in [6.45, 7) is 7.45. The van der Waals surface area contributed by atoms with Crippen molar-refractivity contribution in [3.8, 4) is 11.3 Å². The van der Waals surface area contributed by atoms with Crippen LogP contribution in [0.3, 0.4) is 0 Å². The summed E-state index contributed by atoms with van der Waals surface area (Å²) in [5.74, 6) is 0.0650. The van der Waals surface area contributed by atoms with Crippen LogP contribution in [0.25, 0.3) is 22.2 Å². The van der Waals surface area contributed by atoms with Gasteiger partial charge in [0.05, 0.1) is 16.8 Å². The van der Waals surface area contributed by atoms with Crippen molar-refractivity contribution in [1.82, 2.24) is 9.88 Å². The Kier molecular flexibility index (Phi) is 4.61. The summed E-state index contributed by atoms with van der Waals surface area (Å²) < 4.78 is 0. The number of benzene rings is 2. The Hall–Kier alpha value is -2.68. The normalized spacial score (nSPS) is 10.8. The van der Waals surface area contributed by atoms with Gasteiger partial charge in [-0.15, -0.1) is 0 Å². The molecule has 3 heteroatoms. The molecule has 0 aliphatic rings. The van der Waals surface area contributed by atoms with Gasteiger partial charge in [-0.2, -0.15) is 0 Å². The number of para-hydroxylation sites is 1. The molecule has 0 spiro atoms. The molecule has 0 aliphatic carbocycles. The lowest BCUT2D eigenvalue weighted by molar-refractivity contribution is 0.0775. The maximum atomic E-state index is 13.0. The summed E-state index contributed by atoms with van der Waals surface area (Å²) in [4.78, 5) is 19.7. The molecule has 3 rings (SSSR count). The van der Waals surface area contributed by atoms with Crippen LogP contribution in [0.1, 0.15) is 29.8 Å². The average Bonchev–Trinajstić information content (AvgIpc) is 2.63. The summed E-state index contributed by atoms with van der Waals surface area (Å²) in [5, 5.41) is 0.923. The first kappa shape index (κ1) is 16.2. The molecule has 0 N–H and O–H groups in total. The van der Waals surface area contributed by atoms with Crippen molar-refractivity contribution in [2.24, 2.45) is 0 Å². The smallest absolute Gasteiger partial charge is 0.254 e. The second-order valence-electron chi connectivity index (χ2n) is 5.87. The van der Waals surface area contributed by atoms with E-state index in [1.807, 2.05) is 80.3 Å². The zero-order chi connectivity index (χ0) is 17.1. The predicted molar refractivity (Wildman–Crippen MR) is 99.2 cm³/mol. The van der Waals surface area contributed by atoms with Crippen molar-refractivity contribution >= 4 is 16.8 Å². The second kappa shape index (κ2) is 6.83. The number of carbonyl (C=O) groups excluding carboxylic acids is 1. The van der Waals surface area contributed by atoms with E-state index in [9.17, 15) is 4.79 Å². The largest absolute Gasteiger partial charge is 0.339 e. The summed E-state index contributed by atoms with van der Waals surface area (Å²) in [6, 6.07) is 18.0.